The van der Waals surface area contributed by atoms with Crippen molar-refractivity contribution in [2.45, 2.75) is 6.92 Å². The van der Waals surface area contributed by atoms with E-state index in [9.17, 15) is 0 Å². The largest absolute Gasteiger partial charge is 0.210 e. The number of aryl methyl sites for hydroxylation is 1. The monoisotopic (exact) mass is 324 g/mol. The van der Waals surface area contributed by atoms with E-state index in [0.29, 0.717) is 0 Å². The van der Waals surface area contributed by atoms with Crippen molar-refractivity contribution in [3.05, 3.63) is 109 Å². The average Bonchev–Trinajstić information content (AvgIpc) is 2.69. The quantitative estimate of drug-likeness (QED) is 0.499. The fourth-order valence-corrected chi connectivity index (χ4v) is 3.07. The zero-order valence-corrected chi connectivity index (χ0v) is 14.2. The van der Waals surface area contributed by atoms with Gasteiger partial charge < -0.3 is 0 Å². The van der Waals surface area contributed by atoms with Gasteiger partial charge >= 0.3 is 0 Å². The summed E-state index contributed by atoms with van der Waals surface area (Å²) >= 11 is 0. The van der Waals surface area contributed by atoms with E-state index in [0.717, 1.165) is 0 Å². The summed E-state index contributed by atoms with van der Waals surface area (Å²) in [5, 5.41) is 0. The number of hydrogen-bond acceptors (Lipinski definition) is 0. The van der Waals surface area contributed by atoms with Gasteiger partial charge in [-0.05, 0) is 18.1 Å². The van der Waals surface area contributed by atoms with Crippen molar-refractivity contribution < 1.29 is 9.13 Å². The van der Waals surface area contributed by atoms with E-state index < -0.39 is 0 Å². The summed E-state index contributed by atoms with van der Waals surface area (Å²) < 4.78 is 4.29. The van der Waals surface area contributed by atoms with Gasteiger partial charge in [-0.1, -0.05) is 36.4 Å². The molecule has 0 bridgehead atoms. The van der Waals surface area contributed by atoms with Gasteiger partial charge in [0.15, 0.2) is 24.8 Å². The minimum Gasteiger partial charge on any atom is -0.167 e. The van der Waals surface area contributed by atoms with Gasteiger partial charge in [0.05, 0.1) is 0 Å². The molecule has 0 unspecified atom stereocenters. The minimum absolute atomic E-state index is 1.17. The molecule has 0 fully saturated rings. The van der Waals surface area contributed by atoms with Crippen LogP contribution in [-0.4, -0.2) is 0 Å². The van der Waals surface area contributed by atoms with E-state index in [1.54, 1.807) is 0 Å². The molecule has 0 atom stereocenters. The van der Waals surface area contributed by atoms with Crippen LogP contribution in [0.5, 0.6) is 0 Å². The van der Waals surface area contributed by atoms with Crippen molar-refractivity contribution in [3.63, 3.8) is 0 Å². The van der Waals surface area contributed by atoms with Crippen LogP contribution in [-0.2, 0) is 0 Å². The maximum absolute atomic E-state index is 2.19. The van der Waals surface area contributed by atoms with Gasteiger partial charge in [-0.2, -0.15) is 9.13 Å². The second-order valence-electron chi connectivity index (χ2n) is 6.11. The third kappa shape index (κ3) is 3.20. The Bertz CT molecular complexity index is 975. The number of hydrogen-bond donors (Lipinski definition) is 0. The Labute approximate surface area is 148 Å². The third-order valence-corrected chi connectivity index (χ3v) is 4.41. The van der Waals surface area contributed by atoms with Crippen LogP contribution in [0.25, 0.3) is 22.5 Å². The molecular weight excluding hydrogens is 304 g/mol. The normalized spacial score (nSPS) is 10.6. The highest BCUT2D eigenvalue weighted by atomic mass is 14.9. The molecule has 0 radical (unpaired) electrons. The van der Waals surface area contributed by atoms with Crippen molar-refractivity contribution in [1.29, 1.82) is 0 Å². The third-order valence-electron chi connectivity index (χ3n) is 4.41. The summed E-state index contributed by atoms with van der Waals surface area (Å²) in [5.41, 5.74) is 6.08. The summed E-state index contributed by atoms with van der Waals surface area (Å²) in [6.07, 6.45) is 8.53. The standard InChI is InChI=1S/C23H20N2/c1-19-18-25(22-10-6-3-7-11-22)17-14-23(19)20-12-15-24(16-13-20)21-8-4-2-5-9-21/h2-18H,1H3/q+2. The Balaban J connectivity index is 1.66. The van der Waals surface area contributed by atoms with Crippen molar-refractivity contribution in [3.8, 4) is 22.5 Å². The summed E-state index contributed by atoms with van der Waals surface area (Å²) in [4.78, 5) is 0. The van der Waals surface area contributed by atoms with Crippen LogP contribution in [0.2, 0.25) is 0 Å². The first-order valence-electron chi connectivity index (χ1n) is 8.46. The summed E-state index contributed by atoms with van der Waals surface area (Å²) in [5.74, 6) is 0. The Morgan fingerprint density at radius 2 is 1.08 bits per heavy atom. The fourth-order valence-electron chi connectivity index (χ4n) is 3.07. The maximum Gasteiger partial charge on any atom is 0.210 e. The fraction of sp³-hybridized carbons (Fsp3) is 0.0435. The van der Waals surface area contributed by atoms with E-state index in [-0.39, 0.29) is 0 Å². The number of benzene rings is 2. The molecule has 0 saturated carbocycles. The topological polar surface area (TPSA) is 7.76 Å². The summed E-state index contributed by atoms with van der Waals surface area (Å²) in [7, 11) is 0. The van der Waals surface area contributed by atoms with Crippen LogP contribution in [0.3, 0.4) is 0 Å². The highest BCUT2D eigenvalue weighted by Crippen LogP contribution is 2.21. The molecule has 2 heterocycles. The molecule has 0 aliphatic carbocycles. The van der Waals surface area contributed by atoms with Crippen LogP contribution < -0.4 is 9.13 Å². The lowest BCUT2D eigenvalue weighted by atomic mass is 10.0. The van der Waals surface area contributed by atoms with E-state index in [1.807, 2.05) is 12.1 Å². The first-order valence-corrected chi connectivity index (χ1v) is 8.46. The van der Waals surface area contributed by atoms with Crippen LogP contribution >= 0.6 is 0 Å². The Hall–Kier alpha value is -3.26. The van der Waals surface area contributed by atoms with E-state index in [1.165, 1.54) is 28.1 Å². The zero-order chi connectivity index (χ0) is 17.1. The number of nitrogens with zero attached hydrogens (tertiary/aromatic N) is 2. The number of para-hydroxylation sites is 2. The van der Waals surface area contributed by atoms with Crippen molar-refractivity contribution in [1.82, 2.24) is 0 Å². The van der Waals surface area contributed by atoms with Gasteiger partial charge in [-0.3, -0.25) is 0 Å². The number of pyridine rings is 2. The minimum atomic E-state index is 1.17. The lowest BCUT2D eigenvalue weighted by Gasteiger charge is -2.05. The molecule has 2 aromatic heterocycles. The first-order chi connectivity index (χ1) is 12.3. The first kappa shape index (κ1) is 15.3. The van der Waals surface area contributed by atoms with Crippen molar-refractivity contribution >= 4 is 0 Å². The molecule has 0 aliphatic rings. The molecule has 120 valence electrons. The summed E-state index contributed by atoms with van der Waals surface area (Å²) in [6, 6.07) is 27.3. The predicted molar refractivity (Wildman–Crippen MR) is 99.7 cm³/mol. The highest BCUT2D eigenvalue weighted by molar-refractivity contribution is 5.65. The molecule has 0 N–H and O–H groups in total. The van der Waals surface area contributed by atoms with Crippen LogP contribution in [0.15, 0.2) is 104 Å². The molecule has 4 rings (SSSR count). The van der Waals surface area contributed by atoms with Crippen molar-refractivity contribution in [2.75, 3.05) is 0 Å². The van der Waals surface area contributed by atoms with Crippen LogP contribution in [0.4, 0.5) is 0 Å². The molecule has 0 amide bonds. The van der Waals surface area contributed by atoms with Gasteiger partial charge in [0, 0.05) is 48.0 Å². The molecule has 2 aromatic carbocycles. The van der Waals surface area contributed by atoms with Gasteiger partial charge in [0.25, 0.3) is 0 Å². The van der Waals surface area contributed by atoms with Crippen molar-refractivity contribution in [2.24, 2.45) is 0 Å². The maximum atomic E-state index is 2.19. The molecule has 0 spiro atoms. The number of rotatable bonds is 3. The highest BCUT2D eigenvalue weighted by Gasteiger charge is 2.12. The smallest absolute Gasteiger partial charge is 0.167 e. The Kier molecular flexibility index (Phi) is 4.09. The number of aromatic nitrogens is 2. The molecule has 4 aromatic rings. The molecule has 25 heavy (non-hydrogen) atoms. The molecule has 0 aliphatic heterocycles. The van der Waals surface area contributed by atoms with Crippen LogP contribution in [0, 0.1) is 6.92 Å². The average molecular weight is 324 g/mol. The lowest BCUT2D eigenvalue weighted by molar-refractivity contribution is -0.596. The van der Waals surface area contributed by atoms with Gasteiger partial charge in [-0.25, -0.2) is 0 Å². The lowest BCUT2D eigenvalue weighted by Crippen LogP contribution is -2.30. The zero-order valence-electron chi connectivity index (χ0n) is 14.2. The summed E-state index contributed by atoms with van der Waals surface area (Å²) in [6.45, 7) is 2.16. The Morgan fingerprint density at radius 1 is 0.560 bits per heavy atom. The van der Waals surface area contributed by atoms with E-state index in [4.69, 9.17) is 0 Å². The van der Waals surface area contributed by atoms with Gasteiger partial charge in [0.2, 0.25) is 11.4 Å². The Morgan fingerprint density at radius 3 is 1.64 bits per heavy atom. The SMILES string of the molecule is Cc1c[n+](-c2ccccc2)ccc1-c1cc[n+](-c2ccccc2)cc1. The molecular formula is C23H20N2+2. The molecule has 0 saturated heterocycles. The van der Waals surface area contributed by atoms with E-state index in [2.05, 4.69) is 108 Å². The van der Waals surface area contributed by atoms with Crippen LogP contribution in [0.1, 0.15) is 5.56 Å². The van der Waals surface area contributed by atoms with E-state index >= 15 is 0 Å². The predicted octanol–water partition coefficient (Wildman–Crippen LogP) is 4.22. The second kappa shape index (κ2) is 6.70. The second-order valence-corrected chi connectivity index (χ2v) is 6.11. The van der Waals surface area contributed by atoms with Gasteiger partial charge in [0.1, 0.15) is 0 Å². The molecule has 2 heteroatoms. The molecule has 2 nitrogen and oxygen atoms in total. The van der Waals surface area contributed by atoms with Gasteiger partial charge in [-0.15, -0.1) is 0 Å².